The SMILES string of the molecule is Cc1nc(-c2ccccn2)sc1C(=O)Nc1ccc2ccccc2c1. The minimum atomic E-state index is -0.146. The van der Waals surface area contributed by atoms with Gasteiger partial charge >= 0.3 is 0 Å². The molecular weight excluding hydrogens is 330 g/mol. The number of thiazole rings is 1. The van der Waals surface area contributed by atoms with Gasteiger partial charge in [-0.05, 0) is 42.0 Å². The van der Waals surface area contributed by atoms with Crippen molar-refractivity contribution >= 4 is 33.7 Å². The molecule has 4 rings (SSSR count). The predicted octanol–water partition coefficient (Wildman–Crippen LogP) is 4.92. The summed E-state index contributed by atoms with van der Waals surface area (Å²) in [4.78, 5) is 22.0. The third kappa shape index (κ3) is 3.14. The molecule has 5 heteroatoms. The van der Waals surface area contributed by atoms with Crippen LogP contribution in [-0.4, -0.2) is 15.9 Å². The topological polar surface area (TPSA) is 54.9 Å². The second kappa shape index (κ2) is 6.45. The quantitative estimate of drug-likeness (QED) is 0.573. The Bertz CT molecular complexity index is 1060. The van der Waals surface area contributed by atoms with E-state index < -0.39 is 0 Å². The Morgan fingerprint density at radius 3 is 2.60 bits per heavy atom. The van der Waals surface area contributed by atoms with Crippen molar-refractivity contribution < 1.29 is 4.79 Å². The first-order chi connectivity index (χ1) is 12.2. The largest absolute Gasteiger partial charge is 0.321 e. The van der Waals surface area contributed by atoms with Gasteiger partial charge in [-0.15, -0.1) is 11.3 Å². The van der Waals surface area contributed by atoms with Crippen LogP contribution in [0.1, 0.15) is 15.4 Å². The molecule has 0 aliphatic heterocycles. The van der Waals surface area contributed by atoms with Crippen LogP contribution < -0.4 is 5.32 Å². The number of hydrogen-bond donors (Lipinski definition) is 1. The van der Waals surface area contributed by atoms with Gasteiger partial charge in [-0.3, -0.25) is 9.78 Å². The van der Waals surface area contributed by atoms with Crippen LogP contribution in [0.5, 0.6) is 0 Å². The smallest absolute Gasteiger partial charge is 0.267 e. The number of benzene rings is 2. The van der Waals surface area contributed by atoms with Gasteiger partial charge in [0.2, 0.25) is 0 Å². The van der Waals surface area contributed by atoms with Crippen molar-refractivity contribution in [2.45, 2.75) is 6.92 Å². The zero-order valence-electron chi connectivity index (χ0n) is 13.6. The zero-order chi connectivity index (χ0) is 17.2. The Labute approximate surface area is 149 Å². The number of nitrogens with zero attached hydrogens (tertiary/aromatic N) is 2. The van der Waals surface area contributed by atoms with Gasteiger partial charge < -0.3 is 5.32 Å². The summed E-state index contributed by atoms with van der Waals surface area (Å²) in [6.45, 7) is 1.85. The molecule has 0 fully saturated rings. The molecule has 0 radical (unpaired) electrons. The fraction of sp³-hybridized carbons (Fsp3) is 0.0500. The molecule has 0 spiro atoms. The summed E-state index contributed by atoms with van der Waals surface area (Å²) in [5.41, 5.74) is 2.26. The summed E-state index contributed by atoms with van der Waals surface area (Å²) in [5, 5.41) is 5.96. The highest BCUT2D eigenvalue weighted by Crippen LogP contribution is 2.27. The maximum atomic E-state index is 12.7. The van der Waals surface area contributed by atoms with E-state index in [0.717, 1.165) is 27.2 Å². The lowest BCUT2D eigenvalue weighted by Gasteiger charge is -2.05. The summed E-state index contributed by atoms with van der Waals surface area (Å²) >= 11 is 1.36. The summed E-state index contributed by atoms with van der Waals surface area (Å²) in [5.74, 6) is -0.146. The molecule has 0 atom stereocenters. The highest BCUT2D eigenvalue weighted by Gasteiger charge is 2.17. The predicted molar refractivity (Wildman–Crippen MR) is 102 cm³/mol. The average molecular weight is 345 g/mol. The number of nitrogens with one attached hydrogen (secondary N) is 1. The molecule has 0 aliphatic carbocycles. The van der Waals surface area contributed by atoms with Gasteiger partial charge in [-0.1, -0.05) is 36.4 Å². The molecule has 2 aromatic heterocycles. The number of hydrogen-bond acceptors (Lipinski definition) is 4. The van der Waals surface area contributed by atoms with Crippen LogP contribution >= 0.6 is 11.3 Å². The number of aromatic nitrogens is 2. The van der Waals surface area contributed by atoms with E-state index in [2.05, 4.69) is 15.3 Å². The molecule has 1 amide bonds. The number of rotatable bonds is 3. The van der Waals surface area contributed by atoms with Crippen molar-refractivity contribution in [1.82, 2.24) is 9.97 Å². The Balaban J connectivity index is 1.61. The highest BCUT2D eigenvalue weighted by molar-refractivity contribution is 7.17. The molecule has 0 saturated heterocycles. The number of carbonyl (C=O) groups excluding carboxylic acids is 1. The molecule has 122 valence electrons. The number of anilines is 1. The molecule has 2 heterocycles. The molecule has 0 unspecified atom stereocenters. The van der Waals surface area contributed by atoms with Crippen molar-refractivity contribution in [3.63, 3.8) is 0 Å². The van der Waals surface area contributed by atoms with Crippen LogP contribution in [0.15, 0.2) is 66.9 Å². The van der Waals surface area contributed by atoms with Gasteiger partial charge in [-0.25, -0.2) is 4.98 Å². The Kier molecular flexibility index (Phi) is 3.99. The van der Waals surface area contributed by atoms with Crippen LogP contribution in [0.25, 0.3) is 21.5 Å². The highest BCUT2D eigenvalue weighted by atomic mass is 32.1. The van der Waals surface area contributed by atoms with Gasteiger partial charge in [0.1, 0.15) is 9.88 Å². The van der Waals surface area contributed by atoms with Crippen LogP contribution in [0.2, 0.25) is 0 Å². The fourth-order valence-electron chi connectivity index (χ4n) is 2.66. The van der Waals surface area contributed by atoms with Gasteiger partial charge in [0, 0.05) is 11.9 Å². The number of pyridine rings is 1. The van der Waals surface area contributed by atoms with Crippen LogP contribution in [0.4, 0.5) is 5.69 Å². The van der Waals surface area contributed by atoms with Crippen molar-refractivity contribution in [3.8, 4) is 10.7 Å². The van der Waals surface area contributed by atoms with E-state index in [0.29, 0.717) is 10.6 Å². The molecular formula is C20H15N3OS. The second-order valence-electron chi connectivity index (χ2n) is 5.66. The first kappa shape index (κ1) is 15.5. The van der Waals surface area contributed by atoms with E-state index in [1.165, 1.54) is 11.3 Å². The second-order valence-corrected chi connectivity index (χ2v) is 6.66. The average Bonchev–Trinajstić information content (AvgIpc) is 3.04. The van der Waals surface area contributed by atoms with Crippen molar-refractivity contribution in [2.75, 3.05) is 5.32 Å². The van der Waals surface area contributed by atoms with Crippen LogP contribution in [0.3, 0.4) is 0 Å². The molecule has 0 saturated carbocycles. The van der Waals surface area contributed by atoms with Crippen molar-refractivity contribution in [2.24, 2.45) is 0 Å². The lowest BCUT2D eigenvalue weighted by Crippen LogP contribution is -2.11. The van der Waals surface area contributed by atoms with Gasteiger partial charge in [0.15, 0.2) is 0 Å². The fourth-order valence-corrected chi connectivity index (χ4v) is 3.60. The van der Waals surface area contributed by atoms with Gasteiger partial charge in [0.25, 0.3) is 5.91 Å². The molecule has 1 N–H and O–H groups in total. The summed E-state index contributed by atoms with van der Waals surface area (Å²) < 4.78 is 0. The maximum absolute atomic E-state index is 12.7. The van der Waals surface area contributed by atoms with Crippen LogP contribution in [-0.2, 0) is 0 Å². The number of carbonyl (C=O) groups is 1. The molecule has 0 aliphatic rings. The monoisotopic (exact) mass is 345 g/mol. The van der Waals surface area contributed by atoms with E-state index in [9.17, 15) is 4.79 Å². The first-order valence-corrected chi connectivity index (χ1v) is 8.71. The van der Waals surface area contributed by atoms with Crippen molar-refractivity contribution in [1.29, 1.82) is 0 Å². The number of fused-ring (bicyclic) bond motifs is 1. The number of amides is 1. The summed E-state index contributed by atoms with van der Waals surface area (Å²) in [6, 6.07) is 19.6. The lowest BCUT2D eigenvalue weighted by atomic mass is 10.1. The van der Waals surface area contributed by atoms with E-state index in [1.807, 2.05) is 67.6 Å². The summed E-state index contributed by atoms with van der Waals surface area (Å²) in [7, 11) is 0. The Morgan fingerprint density at radius 1 is 1.00 bits per heavy atom. The minimum absolute atomic E-state index is 0.146. The van der Waals surface area contributed by atoms with E-state index in [-0.39, 0.29) is 5.91 Å². The third-order valence-electron chi connectivity index (χ3n) is 3.89. The number of aryl methyl sites for hydroxylation is 1. The summed E-state index contributed by atoms with van der Waals surface area (Å²) in [6.07, 6.45) is 1.72. The van der Waals surface area contributed by atoms with Gasteiger partial charge in [-0.2, -0.15) is 0 Å². The molecule has 0 bridgehead atoms. The van der Waals surface area contributed by atoms with E-state index in [1.54, 1.807) is 6.20 Å². The van der Waals surface area contributed by atoms with Crippen LogP contribution in [0, 0.1) is 6.92 Å². The third-order valence-corrected chi connectivity index (χ3v) is 5.07. The first-order valence-electron chi connectivity index (χ1n) is 7.90. The van der Waals surface area contributed by atoms with Crippen molar-refractivity contribution in [3.05, 3.63) is 77.4 Å². The molecule has 4 nitrogen and oxygen atoms in total. The van der Waals surface area contributed by atoms with Gasteiger partial charge in [0.05, 0.1) is 11.4 Å². The van der Waals surface area contributed by atoms with E-state index in [4.69, 9.17) is 0 Å². The Hall–Kier alpha value is -3.05. The lowest BCUT2D eigenvalue weighted by molar-refractivity contribution is 0.103. The maximum Gasteiger partial charge on any atom is 0.267 e. The standard InChI is InChI=1S/C20H15N3OS/c1-13-18(25-20(22-13)17-8-4-5-11-21-17)19(24)23-16-10-9-14-6-2-3-7-15(14)12-16/h2-12H,1H3,(H,23,24). The van der Waals surface area contributed by atoms with E-state index >= 15 is 0 Å². The molecule has 4 aromatic rings. The Morgan fingerprint density at radius 2 is 1.80 bits per heavy atom. The zero-order valence-corrected chi connectivity index (χ0v) is 14.4. The normalized spacial score (nSPS) is 10.8. The molecule has 25 heavy (non-hydrogen) atoms. The minimum Gasteiger partial charge on any atom is -0.321 e. The molecule has 2 aromatic carbocycles.